The van der Waals surface area contributed by atoms with E-state index in [0.717, 1.165) is 30.8 Å². The maximum atomic E-state index is 6.25. The van der Waals surface area contributed by atoms with Gasteiger partial charge in [-0.15, -0.1) is 0 Å². The van der Waals surface area contributed by atoms with Gasteiger partial charge in [0.15, 0.2) is 0 Å². The second-order valence-corrected chi connectivity index (χ2v) is 5.47. The van der Waals surface area contributed by atoms with Gasteiger partial charge in [-0.05, 0) is 26.7 Å². The van der Waals surface area contributed by atoms with Crippen LogP contribution >= 0.6 is 0 Å². The molecule has 1 aliphatic carbocycles. The van der Waals surface area contributed by atoms with Crippen LogP contribution in [0.4, 0.5) is 5.82 Å². The van der Waals surface area contributed by atoms with Crippen LogP contribution in [0.5, 0.6) is 5.88 Å². The number of hydrogen-bond donors (Lipinski definition) is 2. The molecule has 0 aromatic carbocycles. The van der Waals surface area contributed by atoms with Crippen molar-refractivity contribution in [3.63, 3.8) is 0 Å². The average molecular weight is 278 g/mol. The molecule has 0 bridgehead atoms. The van der Waals surface area contributed by atoms with E-state index < -0.39 is 0 Å². The summed E-state index contributed by atoms with van der Waals surface area (Å²) < 4.78 is 11.3. The third kappa shape index (κ3) is 2.23. The first-order valence-electron chi connectivity index (χ1n) is 7.30. The van der Waals surface area contributed by atoms with Crippen LogP contribution in [0.3, 0.4) is 0 Å². The third-order valence-corrected chi connectivity index (χ3v) is 4.30. The van der Waals surface area contributed by atoms with Crippen molar-refractivity contribution in [3.8, 4) is 5.88 Å². The van der Waals surface area contributed by atoms with E-state index in [1.54, 1.807) is 0 Å². The third-order valence-electron chi connectivity index (χ3n) is 4.30. The summed E-state index contributed by atoms with van der Waals surface area (Å²) in [7, 11) is 0. The highest BCUT2D eigenvalue weighted by Crippen LogP contribution is 2.39. The van der Waals surface area contributed by atoms with E-state index in [2.05, 4.69) is 15.3 Å². The lowest BCUT2D eigenvalue weighted by Crippen LogP contribution is -2.69. The smallest absolute Gasteiger partial charge is 0.221 e. The van der Waals surface area contributed by atoms with Crippen molar-refractivity contribution in [1.29, 1.82) is 0 Å². The molecule has 110 valence electrons. The van der Waals surface area contributed by atoms with Crippen LogP contribution in [0.1, 0.15) is 25.3 Å². The fraction of sp³-hybridized carbons (Fsp3) is 0.714. The molecule has 4 atom stereocenters. The second-order valence-electron chi connectivity index (χ2n) is 5.47. The summed E-state index contributed by atoms with van der Waals surface area (Å²) in [5.41, 5.74) is 7.17. The van der Waals surface area contributed by atoms with E-state index in [9.17, 15) is 0 Å². The van der Waals surface area contributed by atoms with Gasteiger partial charge in [-0.2, -0.15) is 0 Å². The van der Waals surface area contributed by atoms with E-state index >= 15 is 0 Å². The number of nitrogens with one attached hydrogen (secondary N) is 1. The van der Waals surface area contributed by atoms with E-state index in [-0.39, 0.29) is 18.2 Å². The van der Waals surface area contributed by atoms with Gasteiger partial charge in [0.25, 0.3) is 0 Å². The Morgan fingerprint density at radius 2 is 2.35 bits per heavy atom. The highest BCUT2D eigenvalue weighted by Gasteiger charge is 2.50. The summed E-state index contributed by atoms with van der Waals surface area (Å²) in [6.07, 6.45) is 4.01. The van der Waals surface area contributed by atoms with Crippen molar-refractivity contribution in [2.24, 2.45) is 11.7 Å². The molecule has 0 spiro atoms. The van der Waals surface area contributed by atoms with Gasteiger partial charge in [0.05, 0.1) is 24.3 Å². The predicted molar refractivity (Wildman–Crippen MR) is 75.8 cm³/mol. The van der Waals surface area contributed by atoms with E-state index in [4.69, 9.17) is 15.2 Å². The molecule has 2 aliphatic rings. The Labute approximate surface area is 119 Å². The zero-order valence-corrected chi connectivity index (χ0v) is 12.0. The molecule has 3 rings (SSSR count). The molecular weight excluding hydrogens is 256 g/mol. The van der Waals surface area contributed by atoms with Crippen LogP contribution < -0.4 is 15.8 Å². The van der Waals surface area contributed by atoms with Gasteiger partial charge in [0.2, 0.25) is 5.88 Å². The van der Waals surface area contributed by atoms with Gasteiger partial charge in [0.1, 0.15) is 12.1 Å². The summed E-state index contributed by atoms with van der Waals surface area (Å²) in [5, 5.41) is 3.41. The molecule has 20 heavy (non-hydrogen) atoms. The SMILES string of the molecule is CCOc1ncnc(NC2C(N)C3CCCOC32)c1C. The van der Waals surface area contributed by atoms with Gasteiger partial charge in [-0.1, -0.05) is 0 Å². The topological polar surface area (TPSA) is 82.3 Å². The van der Waals surface area contributed by atoms with Gasteiger partial charge < -0.3 is 20.5 Å². The minimum atomic E-state index is 0.128. The predicted octanol–water partition coefficient (Wildman–Crippen LogP) is 1.10. The van der Waals surface area contributed by atoms with Crippen LogP contribution in [-0.4, -0.2) is 41.4 Å². The lowest BCUT2D eigenvalue weighted by Gasteiger charge is -2.52. The molecule has 1 aromatic rings. The van der Waals surface area contributed by atoms with E-state index in [1.165, 1.54) is 6.33 Å². The van der Waals surface area contributed by atoms with Crippen molar-refractivity contribution in [2.45, 2.75) is 44.9 Å². The normalized spacial score (nSPS) is 32.1. The molecule has 2 heterocycles. The molecule has 1 saturated carbocycles. The summed E-state index contributed by atoms with van der Waals surface area (Å²) in [6, 6.07) is 0.258. The summed E-state index contributed by atoms with van der Waals surface area (Å²) >= 11 is 0. The fourth-order valence-electron chi connectivity index (χ4n) is 3.15. The number of fused-ring (bicyclic) bond motifs is 1. The van der Waals surface area contributed by atoms with Crippen molar-refractivity contribution < 1.29 is 9.47 Å². The lowest BCUT2D eigenvalue weighted by atomic mass is 9.68. The van der Waals surface area contributed by atoms with Gasteiger partial charge in [0, 0.05) is 18.6 Å². The summed E-state index contributed by atoms with van der Waals surface area (Å²) in [6.45, 7) is 5.32. The first-order valence-corrected chi connectivity index (χ1v) is 7.30. The fourth-order valence-corrected chi connectivity index (χ4v) is 3.15. The molecule has 6 heteroatoms. The maximum absolute atomic E-state index is 6.25. The van der Waals surface area contributed by atoms with Crippen LogP contribution in [0.25, 0.3) is 0 Å². The Bertz CT molecular complexity index is 482. The molecule has 1 aromatic heterocycles. The lowest BCUT2D eigenvalue weighted by molar-refractivity contribution is -0.104. The van der Waals surface area contributed by atoms with Crippen LogP contribution in [0.2, 0.25) is 0 Å². The number of nitrogens with two attached hydrogens (primary N) is 1. The standard InChI is InChI=1S/C14H22N4O2/c1-3-19-14-8(2)13(16-7-17-14)18-11-10(15)9-5-4-6-20-12(9)11/h7,9-12H,3-6,15H2,1-2H3,(H,16,17,18). The van der Waals surface area contributed by atoms with Crippen LogP contribution in [-0.2, 0) is 4.74 Å². The van der Waals surface area contributed by atoms with E-state index in [1.807, 2.05) is 13.8 Å². The van der Waals surface area contributed by atoms with Crippen LogP contribution in [0.15, 0.2) is 6.33 Å². The molecule has 2 fully saturated rings. The largest absolute Gasteiger partial charge is 0.478 e. The number of nitrogens with zero attached hydrogens (tertiary/aromatic N) is 2. The van der Waals surface area contributed by atoms with Gasteiger partial charge in [-0.25, -0.2) is 9.97 Å². The number of hydrogen-bond acceptors (Lipinski definition) is 6. The van der Waals surface area contributed by atoms with Crippen molar-refractivity contribution >= 4 is 5.82 Å². The Kier molecular flexibility index (Phi) is 3.76. The number of aromatic nitrogens is 2. The minimum Gasteiger partial charge on any atom is -0.478 e. The van der Waals surface area contributed by atoms with Gasteiger partial charge in [-0.3, -0.25) is 0 Å². The second kappa shape index (κ2) is 5.54. The zero-order chi connectivity index (χ0) is 14.1. The highest BCUT2D eigenvalue weighted by molar-refractivity contribution is 5.49. The van der Waals surface area contributed by atoms with E-state index in [0.29, 0.717) is 18.4 Å². The molecular formula is C14H22N4O2. The Balaban J connectivity index is 1.73. The quantitative estimate of drug-likeness (QED) is 0.858. The highest BCUT2D eigenvalue weighted by atomic mass is 16.5. The van der Waals surface area contributed by atoms with Crippen molar-refractivity contribution in [3.05, 3.63) is 11.9 Å². The number of rotatable bonds is 4. The Morgan fingerprint density at radius 3 is 3.15 bits per heavy atom. The molecule has 0 radical (unpaired) electrons. The van der Waals surface area contributed by atoms with Crippen molar-refractivity contribution in [2.75, 3.05) is 18.5 Å². The molecule has 4 unspecified atom stereocenters. The molecule has 3 N–H and O–H groups in total. The molecule has 1 saturated heterocycles. The first-order chi connectivity index (χ1) is 9.72. The maximum Gasteiger partial charge on any atom is 0.221 e. The van der Waals surface area contributed by atoms with Crippen LogP contribution in [0, 0.1) is 12.8 Å². The molecule has 0 amide bonds. The zero-order valence-electron chi connectivity index (χ0n) is 12.0. The molecule has 6 nitrogen and oxygen atoms in total. The number of ether oxygens (including phenoxy) is 2. The monoisotopic (exact) mass is 278 g/mol. The molecule has 1 aliphatic heterocycles. The van der Waals surface area contributed by atoms with Crippen molar-refractivity contribution in [1.82, 2.24) is 9.97 Å². The average Bonchev–Trinajstić information content (AvgIpc) is 2.48. The first kappa shape index (κ1) is 13.6. The minimum absolute atomic E-state index is 0.128. The van der Waals surface area contributed by atoms with Gasteiger partial charge >= 0.3 is 0 Å². The Morgan fingerprint density at radius 1 is 1.50 bits per heavy atom. The summed E-state index contributed by atoms with van der Waals surface area (Å²) in [5.74, 6) is 1.89. The Hall–Kier alpha value is -1.40. The number of anilines is 1. The summed E-state index contributed by atoms with van der Waals surface area (Å²) in [4.78, 5) is 8.45.